The molecule has 30 heavy (non-hydrogen) atoms. The van der Waals surface area contributed by atoms with Gasteiger partial charge in [-0.2, -0.15) is 5.10 Å². The van der Waals surface area contributed by atoms with Crippen molar-refractivity contribution in [2.75, 3.05) is 5.73 Å². The number of anilines is 1. The average Bonchev–Trinajstić information content (AvgIpc) is 3.24. The van der Waals surface area contributed by atoms with Gasteiger partial charge in [0.25, 0.3) is 5.91 Å². The number of halogens is 1. The van der Waals surface area contributed by atoms with E-state index >= 15 is 0 Å². The smallest absolute Gasteiger partial charge is 0.289 e. The Labute approximate surface area is 177 Å². The van der Waals surface area contributed by atoms with E-state index in [-0.39, 0.29) is 17.8 Å². The van der Waals surface area contributed by atoms with Crippen molar-refractivity contribution in [1.29, 1.82) is 0 Å². The first-order chi connectivity index (χ1) is 14.4. The molecule has 1 amide bonds. The highest BCUT2D eigenvalue weighted by atomic mass is 35.5. The van der Waals surface area contributed by atoms with Gasteiger partial charge in [0.1, 0.15) is 17.3 Å². The monoisotopic (exact) mass is 421 g/mol. The van der Waals surface area contributed by atoms with Gasteiger partial charge in [0.15, 0.2) is 0 Å². The van der Waals surface area contributed by atoms with E-state index in [2.05, 4.69) is 30.5 Å². The number of hydrogen-bond acceptors (Lipinski definition) is 6. The van der Waals surface area contributed by atoms with Crippen LogP contribution in [0.15, 0.2) is 42.7 Å². The molecule has 1 atom stereocenters. The van der Waals surface area contributed by atoms with E-state index in [4.69, 9.17) is 17.3 Å². The van der Waals surface area contributed by atoms with Gasteiger partial charge >= 0.3 is 0 Å². The van der Waals surface area contributed by atoms with Crippen LogP contribution in [-0.4, -0.2) is 31.1 Å². The molecule has 0 aliphatic carbocycles. The van der Waals surface area contributed by atoms with Crippen LogP contribution in [0.2, 0.25) is 5.15 Å². The lowest BCUT2D eigenvalue weighted by atomic mass is 9.94. The molecule has 1 aromatic carbocycles. The maximum absolute atomic E-state index is 12.7. The Bertz CT molecular complexity index is 1200. The molecule has 3 aromatic heterocycles. The minimum atomic E-state index is -0.342. The van der Waals surface area contributed by atoms with Gasteiger partial charge in [0.05, 0.1) is 11.6 Å². The molecule has 152 valence electrons. The van der Waals surface area contributed by atoms with E-state index < -0.39 is 0 Å². The molecular formula is C21H20ClN7O. The fourth-order valence-corrected chi connectivity index (χ4v) is 3.68. The maximum atomic E-state index is 12.7. The van der Waals surface area contributed by atoms with Crippen LogP contribution in [0.1, 0.15) is 39.0 Å². The topological polar surface area (TPSA) is 122 Å². The fourth-order valence-electron chi connectivity index (χ4n) is 3.53. The minimum Gasteiger partial charge on any atom is -0.384 e. The molecular weight excluding hydrogens is 402 g/mol. The standard InChI is InChI=1S/C21H20ClN7O/c1-11-7-19(23)26-12(2)15(11)9-17(28-21(30)20-24-10-25-29-20)14-3-5-16-13(8-14)4-6-18(22)27-16/h3-8,10,17H,9H2,1-2H3,(H2,23,26)(H,28,30)(H,24,25,29). The van der Waals surface area contributed by atoms with Crippen LogP contribution in [-0.2, 0) is 6.42 Å². The van der Waals surface area contributed by atoms with Crippen LogP contribution in [0, 0.1) is 13.8 Å². The normalized spacial score (nSPS) is 12.1. The van der Waals surface area contributed by atoms with Gasteiger partial charge in [-0.3, -0.25) is 9.89 Å². The summed E-state index contributed by atoms with van der Waals surface area (Å²) >= 11 is 6.00. The van der Waals surface area contributed by atoms with Crippen molar-refractivity contribution in [3.05, 3.63) is 76.1 Å². The molecule has 0 saturated carbocycles. The van der Waals surface area contributed by atoms with E-state index in [0.29, 0.717) is 17.4 Å². The Balaban J connectivity index is 1.73. The number of carbonyl (C=O) groups is 1. The summed E-state index contributed by atoms with van der Waals surface area (Å²) in [6.45, 7) is 3.91. The second kappa shape index (κ2) is 8.08. The third-order valence-electron chi connectivity index (χ3n) is 5.00. The molecule has 0 spiro atoms. The molecule has 0 fully saturated rings. The van der Waals surface area contributed by atoms with Crippen LogP contribution < -0.4 is 11.1 Å². The Morgan fingerprint density at radius 1 is 1.20 bits per heavy atom. The number of nitrogens with one attached hydrogen (secondary N) is 2. The number of nitrogens with two attached hydrogens (primary N) is 1. The first-order valence-electron chi connectivity index (χ1n) is 9.36. The molecule has 8 nitrogen and oxygen atoms in total. The Kier molecular flexibility index (Phi) is 5.33. The number of H-pyrrole nitrogens is 1. The van der Waals surface area contributed by atoms with E-state index in [1.54, 1.807) is 6.07 Å². The molecule has 0 aliphatic rings. The zero-order chi connectivity index (χ0) is 21.3. The number of nitrogens with zero attached hydrogens (tertiary/aromatic N) is 4. The SMILES string of the molecule is Cc1cc(N)nc(C)c1CC(NC(=O)c1ncn[nH]1)c1ccc2nc(Cl)ccc2c1. The van der Waals surface area contributed by atoms with Crippen molar-refractivity contribution in [2.24, 2.45) is 0 Å². The molecule has 0 saturated heterocycles. The van der Waals surface area contributed by atoms with E-state index in [9.17, 15) is 4.79 Å². The minimum absolute atomic E-state index is 0.151. The summed E-state index contributed by atoms with van der Waals surface area (Å²) in [6, 6.07) is 11.0. The number of aromatic amines is 1. The Hall–Kier alpha value is -3.52. The molecule has 4 rings (SSSR count). The third-order valence-corrected chi connectivity index (χ3v) is 5.21. The van der Waals surface area contributed by atoms with Crippen molar-refractivity contribution in [3.8, 4) is 0 Å². The highest BCUT2D eigenvalue weighted by molar-refractivity contribution is 6.29. The van der Waals surface area contributed by atoms with Gasteiger partial charge in [0, 0.05) is 11.1 Å². The number of rotatable bonds is 5. The predicted molar refractivity (Wildman–Crippen MR) is 115 cm³/mol. The average molecular weight is 422 g/mol. The lowest BCUT2D eigenvalue weighted by Gasteiger charge is -2.21. The van der Waals surface area contributed by atoms with Crippen molar-refractivity contribution in [3.63, 3.8) is 0 Å². The first-order valence-corrected chi connectivity index (χ1v) is 9.73. The first kappa shape index (κ1) is 19.8. The molecule has 1 unspecified atom stereocenters. The van der Waals surface area contributed by atoms with E-state index in [1.165, 1.54) is 6.33 Å². The van der Waals surface area contributed by atoms with Crippen LogP contribution in [0.5, 0.6) is 0 Å². The van der Waals surface area contributed by atoms with Gasteiger partial charge in [-0.1, -0.05) is 17.7 Å². The number of carbonyl (C=O) groups excluding carboxylic acids is 1. The predicted octanol–water partition coefficient (Wildman–Crippen LogP) is 3.31. The summed E-state index contributed by atoms with van der Waals surface area (Å²) in [5.74, 6) is 0.285. The molecule has 0 bridgehead atoms. The lowest BCUT2D eigenvalue weighted by Crippen LogP contribution is -2.31. The van der Waals surface area contributed by atoms with E-state index in [1.807, 2.05) is 44.2 Å². The molecule has 3 heterocycles. The zero-order valence-corrected chi connectivity index (χ0v) is 17.2. The second-order valence-corrected chi connectivity index (χ2v) is 7.47. The Morgan fingerprint density at radius 3 is 2.77 bits per heavy atom. The van der Waals surface area contributed by atoms with Gasteiger partial charge < -0.3 is 11.1 Å². The van der Waals surface area contributed by atoms with Crippen molar-refractivity contribution >= 4 is 34.2 Å². The maximum Gasteiger partial charge on any atom is 0.289 e. The zero-order valence-electron chi connectivity index (χ0n) is 16.5. The van der Waals surface area contributed by atoms with Crippen LogP contribution in [0.3, 0.4) is 0 Å². The summed E-state index contributed by atoms with van der Waals surface area (Å²) < 4.78 is 0. The Morgan fingerprint density at radius 2 is 2.03 bits per heavy atom. The number of nitrogen functional groups attached to an aromatic ring is 1. The quantitative estimate of drug-likeness (QED) is 0.425. The highest BCUT2D eigenvalue weighted by Crippen LogP contribution is 2.26. The van der Waals surface area contributed by atoms with Crippen LogP contribution >= 0.6 is 11.6 Å². The number of fused-ring (bicyclic) bond motifs is 1. The molecule has 4 aromatic rings. The van der Waals surface area contributed by atoms with Crippen molar-refractivity contribution in [1.82, 2.24) is 30.5 Å². The number of hydrogen-bond donors (Lipinski definition) is 3. The molecule has 4 N–H and O–H groups in total. The van der Waals surface area contributed by atoms with E-state index in [0.717, 1.165) is 33.3 Å². The third kappa shape index (κ3) is 4.08. The summed E-state index contributed by atoms with van der Waals surface area (Å²) in [4.78, 5) is 25.4. The highest BCUT2D eigenvalue weighted by Gasteiger charge is 2.21. The number of pyridine rings is 2. The van der Waals surface area contributed by atoms with Gasteiger partial charge in [-0.15, -0.1) is 0 Å². The summed E-state index contributed by atoms with van der Waals surface area (Å²) in [5.41, 5.74) is 10.5. The summed E-state index contributed by atoms with van der Waals surface area (Å²) in [6.07, 6.45) is 1.84. The fraction of sp³-hybridized carbons (Fsp3) is 0.190. The van der Waals surface area contributed by atoms with Gasteiger partial charge in [-0.25, -0.2) is 15.0 Å². The molecule has 0 radical (unpaired) electrons. The summed E-state index contributed by atoms with van der Waals surface area (Å²) in [5, 5.41) is 10.8. The van der Waals surface area contributed by atoms with Gasteiger partial charge in [-0.05, 0) is 67.3 Å². The van der Waals surface area contributed by atoms with Crippen molar-refractivity contribution < 1.29 is 4.79 Å². The number of amides is 1. The molecule has 9 heteroatoms. The number of aryl methyl sites for hydroxylation is 2. The molecule has 0 aliphatic heterocycles. The van der Waals surface area contributed by atoms with Gasteiger partial charge in [0.2, 0.25) is 5.82 Å². The van der Waals surface area contributed by atoms with Crippen molar-refractivity contribution in [2.45, 2.75) is 26.3 Å². The largest absolute Gasteiger partial charge is 0.384 e. The van der Waals surface area contributed by atoms with Crippen LogP contribution in [0.4, 0.5) is 5.82 Å². The number of aromatic nitrogens is 5. The lowest BCUT2D eigenvalue weighted by molar-refractivity contribution is 0.0926. The second-order valence-electron chi connectivity index (χ2n) is 7.08. The summed E-state index contributed by atoms with van der Waals surface area (Å²) in [7, 11) is 0. The number of benzene rings is 1. The van der Waals surface area contributed by atoms with Crippen LogP contribution in [0.25, 0.3) is 10.9 Å².